The van der Waals surface area contributed by atoms with Crippen molar-refractivity contribution >= 4 is 28.9 Å². The van der Waals surface area contributed by atoms with Gasteiger partial charge >= 0.3 is 0 Å². The van der Waals surface area contributed by atoms with Crippen LogP contribution in [0.4, 0.5) is 15.8 Å². The van der Waals surface area contributed by atoms with Crippen LogP contribution in [0.5, 0.6) is 11.5 Å². The van der Waals surface area contributed by atoms with Crippen LogP contribution in [-0.2, 0) is 4.79 Å². The van der Waals surface area contributed by atoms with E-state index in [1.165, 1.54) is 12.1 Å². The van der Waals surface area contributed by atoms with Gasteiger partial charge in [0.15, 0.2) is 0 Å². The molecule has 1 amide bonds. The van der Waals surface area contributed by atoms with Gasteiger partial charge in [-0.05, 0) is 61.5 Å². The van der Waals surface area contributed by atoms with Crippen LogP contribution < -0.4 is 15.4 Å². The summed E-state index contributed by atoms with van der Waals surface area (Å²) in [6.07, 6.45) is 0. The number of halogens is 2. The third kappa shape index (κ3) is 5.21. The van der Waals surface area contributed by atoms with Gasteiger partial charge in [-0.2, -0.15) is 0 Å². The predicted octanol–water partition coefficient (Wildman–Crippen LogP) is 5.71. The van der Waals surface area contributed by atoms with Crippen molar-refractivity contribution in [1.82, 2.24) is 0 Å². The molecular formula is C21H18ClFN2O2. The summed E-state index contributed by atoms with van der Waals surface area (Å²) in [5.41, 5.74) is 1.13. The molecule has 6 heteroatoms. The van der Waals surface area contributed by atoms with Crippen molar-refractivity contribution in [3.8, 4) is 11.5 Å². The Balaban J connectivity index is 1.58. The summed E-state index contributed by atoms with van der Waals surface area (Å²) in [4.78, 5) is 12.3. The van der Waals surface area contributed by atoms with E-state index in [2.05, 4.69) is 10.6 Å². The monoisotopic (exact) mass is 384 g/mol. The number of ether oxygens (including phenoxy) is 1. The van der Waals surface area contributed by atoms with E-state index in [0.29, 0.717) is 11.4 Å². The first kappa shape index (κ1) is 18.7. The molecule has 0 heterocycles. The van der Waals surface area contributed by atoms with E-state index in [9.17, 15) is 9.18 Å². The summed E-state index contributed by atoms with van der Waals surface area (Å²) >= 11 is 5.93. The van der Waals surface area contributed by atoms with Crippen molar-refractivity contribution in [2.45, 2.75) is 13.0 Å². The zero-order valence-corrected chi connectivity index (χ0v) is 15.3. The van der Waals surface area contributed by atoms with Crippen molar-refractivity contribution in [1.29, 1.82) is 0 Å². The van der Waals surface area contributed by atoms with Crippen LogP contribution in [0.2, 0.25) is 5.02 Å². The van der Waals surface area contributed by atoms with E-state index in [0.717, 1.165) is 17.5 Å². The van der Waals surface area contributed by atoms with E-state index in [-0.39, 0.29) is 10.9 Å². The molecular weight excluding hydrogens is 367 g/mol. The number of anilines is 2. The summed E-state index contributed by atoms with van der Waals surface area (Å²) in [5.74, 6) is 0.708. The molecule has 0 radical (unpaired) electrons. The second-order valence-corrected chi connectivity index (χ2v) is 6.33. The zero-order valence-electron chi connectivity index (χ0n) is 14.6. The van der Waals surface area contributed by atoms with E-state index in [4.69, 9.17) is 16.3 Å². The highest BCUT2D eigenvalue weighted by molar-refractivity contribution is 6.33. The minimum absolute atomic E-state index is 0.151. The molecule has 0 saturated carbocycles. The third-order valence-corrected chi connectivity index (χ3v) is 4.11. The van der Waals surface area contributed by atoms with Gasteiger partial charge in [-0.15, -0.1) is 0 Å². The fourth-order valence-corrected chi connectivity index (χ4v) is 2.61. The Morgan fingerprint density at radius 3 is 2.33 bits per heavy atom. The lowest BCUT2D eigenvalue weighted by Crippen LogP contribution is -2.31. The predicted molar refractivity (Wildman–Crippen MR) is 106 cm³/mol. The van der Waals surface area contributed by atoms with Gasteiger partial charge < -0.3 is 15.4 Å². The standard InChI is InChI=1S/C21H18ClFN2O2/c1-14(21(26)25-20-12-7-15(23)13-19(20)22)24-16-8-10-18(11-9-16)27-17-5-3-2-4-6-17/h2-14,24H,1H3,(H,25,26)/t14-/m1/s1. The van der Waals surface area contributed by atoms with E-state index in [1.807, 2.05) is 54.6 Å². The lowest BCUT2D eigenvalue weighted by molar-refractivity contribution is -0.116. The topological polar surface area (TPSA) is 50.4 Å². The number of amides is 1. The van der Waals surface area contributed by atoms with Crippen molar-refractivity contribution in [3.05, 3.63) is 83.6 Å². The van der Waals surface area contributed by atoms with Gasteiger partial charge in [-0.3, -0.25) is 4.79 Å². The first-order chi connectivity index (χ1) is 13.0. The number of hydrogen-bond acceptors (Lipinski definition) is 3. The maximum absolute atomic E-state index is 13.1. The SMILES string of the molecule is C[C@@H](Nc1ccc(Oc2ccccc2)cc1)C(=O)Nc1ccc(F)cc1Cl. The molecule has 3 rings (SSSR count). The summed E-state index contributed by atoms with van der Waals surface area (Å²) in [5, 5.41) is 5.93. The van der Waals surface area contributed by atoms with E-state index >= 15 is 0 Å². The van der Waals surface area contributed by atoms with Crippen LogP contribution >= 0.6 is 11.6 Å². The molecule has 3 aromatic carbocycles. The van der Waals surface area contributed by atoms with Gasteiger partial charge in [0, 0.05) is 5.69 Å². The third-order valence-electron chi connectivity index (χ3n) is 3.80. The molecule has 138 valence electrons. The number of para-hydroxylation sites is 1. The fraction of sp³-hybridized carbons (Fsp3) is 0.0952. The molecule has 2 N–H and O–H groups in total. The van der Waals surface area contributed by atoms with Crippen molar-refractivity contribution < 1.29 is 13.9 Å². The molecule has 1 atom stereocenters. The number of benzene rings is 3. The molecule has 0 spiro atoms. The van der Waals surface area contributed by atoms with Crippen LogP contribution in [0.1, 0.15) is 6.92 Å². The Morgan fingerprint density at radius 2 is 1.67 bits per heavy atom. The Kier molecular flexibility index (Phi) is 5.94. The molecule has 0 unspecified atom stereocenters. The van der Waals surface area contributed by atoms with Crippen molar-refractivity contribution in [2.24, 2.45) is 0 Å². The fourth-order valence-electron chi connectivity index (χ4n) is 2.39. The van der Waals surface area contributed by atoms with E-state index in [1.54, 1.807) is 6.92 Å². The normalized spacial score (nSPS) is 11.5. The van der Waals surface area contributed by atoms with Crippen LogP contribution in [-0.4, -0.2) is 11.9 Å². The summed E-state index contributed by atoms with van der Waals surface area (Å²) in [7, 11) is 0. The molecule has 0 aliphatic heterocycles. The average Bonchev–Trinajstić information content (AvgIpc) is 2.66. The Morgan fingerprint density at radius 1 is 1.00 bits per heavy atom. The maximum Gasteiger partial charge on any atom is 0.246 e. The van der Waals surface area contributed by atoms with Crippen LogP contribution in [0.25, 0.3) is 0 Å². The van der Waals surface area contributed by atoms with Crippen molar-refractivity contribution in [3.63, 3.8) is 0 Å². The van der Waals surface area contributed by atoms with Gasteiger partial charge in [0.05, 0.1) is 10.7 Å². The summed E-state index contributed by atoms with van der Waals surface area (Å²) < 4.78 is 18.8. The maximum atomic E-state index is 13.1. The highest BCUT2D eigenvalue weighted by Gasteiger charge is 2.14. The number of carbonyl (C=O) groups is 1. The second-order valence-electron chi connectivity index (χ2n) is 5.92. The molecule has 3 aromatic rings. The second kappa shape index (κ2) is 8.56. The number of hydrogen-bond donors (Lipinski definition) is 2. The van der Waals surface area contributed by atoms with Crippen LogP contribution in [0.3, 0.4) is 0 Å². The number of nitrogens with one attached hydrogen (secondary N) is 2. The molecule has 0 fully saturated rings. The van der Waals surface area contributed by atoms with Gasteiger partial charge in [0.2, 0.25) is 5.91 Å². The highest BCUT2D eigenvalue weighted by Crippen LogP contribution is 2.24. The minimum atomic E-state index is -0.521. The smallest absolute Gasteiger partial charge is 0.246 e. The molecule has 0 aliphatic rings. The lowest BCUT2D eigenvalue weighted by atomic mass is 10.2. The molecule has 4 nitrogen and oxygen atoms in total. The van der Waals surface area contributed by atoms with Crippen LogP contribution in [0.15, 0.2) is 72.8 Å². The largest absolute Gasteiger partial charge is 0.457 e. The molecule has 0 bridgehead atoms. The van der Waals surface area contributed by atoms with E-state index < -0.39 is 11.9 Å². The van der Waals surface area contributed by atoms with Gasteiger partial charge in [-0.1, -0.05) is 29.8 Å². The Labute approximate surface area is 161 Å². The molecule has 27 heavy (non-hydrogen) atoms. The number of rotatable bonds is 6. The summed E-state index contributed by atoms with van der Waals surface area (Å²) in [6.45, 7) is 1.72. The Hall–Kier alpha value is -3.05. The van der Waals surface area contributed by atoms with Crippen molar-refractivity contribution in [2.75, 3.05) is 10.6 Å². The number of carbonyl (C=O) groups excluding carboxylic acids is 1. The quantitative estimate of drug-likeness (QED) is 0.572. The minimum Gasteiger partial charge on any atom is -0.457 e. The van der Waals surface area contributed by atoms with Gasteiger partial charge in [-0.25, -0.2) is 4.39 Å². The highest BCUT2D eigenvalue weighted by atomic mass is 35.5. The molecule has 0 aromatic heterocycles. The van der Waals surface area contributed by atoms with Gasteiger partial charge in [0.25, 0.3) is 0 Å². The van der Waals surface area contributed by atoms with Gasteiger partial charge in [0.1, 0.15) is 23.4 Å². The first-order valence-electron chi connectivity index (χ1n) is 8.37. The first-order valence-corrected chi connectivity index (χ1v) is 8.74. The Bertz CT molecular complexity index is 917. The lowest BCUT2D eigenvalue weighted by Gasteiger charge is -2.16. The molecule has 0 aliphatic carbocycles. The molecule has 0 saturated heterocycles. The van der Waals surface area contributed by atoms with Crippen LogP contribution in [0, 0.1) is 5.82 Å². The zero-order chi connectivity index (χ0) is 19.2. The summed E-state index contributed by atoms with van der Waals surface area (Å²) in [6, 6.07) is 20.1. The average molecular weight is 385 g/mol.